The Bertz CT molecular complexity index is 806. The molecule has 29 heavy (non-hydrogen) atoms. The summed E-state index contributed by atoms with van der Waals surface area (Å²) < 4.78 is 10.7. The van der Waals surface area contributed by atoms with E-state index in [0.717, 1.165) is 63.1 Å². The fraction of sp³-hybridized carbons (Fsp3) is 0.500. The Kier molecular flexibility index (Phi) is 8.19. The first-order valence-corrected chi connectivity index (χ1v) is 11.1. The van der Waals surface area contributed by atoms with E-state index in [0.29, 0.717) is 0 Å². The maximum atomic E-state index is 5.38. The van der Waals surface area contributed by atoms with Crippen molar-refractivity contribution >= 4 is 17.3 Å². The van der Waals surface area contributed by atoms with E-state index >= 15 is 0 Å². The van der Waals surface area contributed by atoms with E-state index in [1.54, 1.807) is 19.1 Å². The average molecular weight is 417 g/mol. The summed E-state index contributed by atoms with van der Waals surface area (Å²) in [5.74, 6) is 2.40. The number of fused-ring (bicyclic) bond motifs is 1. The first-order chi connectivity index (χ1) is 14.2. The van der Waals surface area contributed by atoms with Gasteiger partial charge in [-0.1, -0.05) is 6.07 Å². The second kappa shape index (κ2) is 11.1. The maximum Gasteiger partial charge on any atom is 0.191 e. The van der Waals surface area contributed by atoms with E-state index in [9.17, 15) is 0 Å². The number of aliphatic imine (C=N–C) groups is 1. The third-order valence-corrected chi connectivity index (χ3v) is 6.09. The topological polar surface area (TPSA) is 58.1 Å². The Morgan fingerprint density at radius 3 is 2.83 bits per heavy atom. The van der Waals surface area contributed by atoms with Crippen molar-refractivity contribution in [2.24, 2.45) is 4.99 Å². The Morgan fingerprint density at radius 2 is 2.03 bits per heavy atom. The second-order valence-electron chi connectivity index (χ2n) is 7.02. The van der Waals surface area contributed by atoms with Gasteiger partial charge >= 0.3 is 0 Å². The summed E-state index contributed by atoms with van der Waals surface area (Å²) in [5.41, 5.74) is 2.69. The summed E-state index contributed by atoms with van der Waals surface area (Å²) in [6.45, 7) is 7.72. The van der Waals surface area contributed by atoms with E-state index in [1.807, 2.05) is 23.5 Å². The third-order valence-electron chi connectivity index (χ3n) is 5.07. The van der Waals surface area contributed by atoms with Gasteiger partial charge in [0.05, 0.1) is 20.8 Å². The minimum atomic E-state index is 0.756. The highest BCUT2D eigenvalue weighted by atomic mass is 32.1. The lowest BCUT2D eigenvalue weighted by atomic mass is 10.1. The van der Waals surface area contributed by atoms with Gasteiger partial charge in [0, 0.05) is 37.6 Å². The van der Waals surface area contributed by atoms with Crippen molar-refractivity contribution < 1.29 is 9.47 Å². The first kappa shape index (κ1) is 21.5. The summed E-state index contributed by atoms with van der Waals surface area (Å²) in [7, 11) is 3.32. The molecule has 3 rings (SSSR count). The molecule has 1 aliphatic rings. The summed E-state index contributed by atoms with van der Waals surface area (Å²) in [6.07, 6.45) is 2.05. The van der Waals surface area contributed by atoms with Crippen molar-refractivity contribution in [1.82, 2.24) is 15.5 Å². The Balaban J connectivity index is 1.46. The minimum Gasteiger partial charge on any atom is -0.493 e. The number of ether oxygens (including phenoxy) is 2. The zero-order chi connectivity index (χ0) is 20.5. The van der Waals surface area contributed by atoms with Crippen molar-refractivity contribution in [3.63, 3.8) is 0 Å². The van der Waals surface area contributed by atoms with E-state index in [-0.39, 0.29) is 0 Å². The van der Waals surface area contributed by atoms with Gasteiger partial charge in [-0.25, -0.2) is 0 Å². The standard InChI is InChI=1S/C22H32N4O2S/c1-4-23-22(24-10-7-17-5-6-19(27-2)20(15-17)28-3)25-11-13-26-12-8-21-18(16-26)9-14-29-21/h5-6,9,14-15H,4,7-8,10-13,16H2,1-3H3,(H2,23,24,25). The number of guanidine groups is 1. The lowest BCUT2D eigenvalue weighted by Crippen LogP contribution is -2.39. The number of nitrogens with zero attached hydrogens (tertiary/aromatic N) is 2. The van der Waals surface area contributed by atoms with Gasteiger partial charge < -0.3 is 20.1 Å². The van der Waals surface area contributed by atoms with Gasteiger partial charge in [0.2, 0.25) is 0 Å². The molecular formula is C22H32N4O2S. The van der Waals surface area contributed by atoms with Crippen LogP contribution in [0.3, 0.4) is 0 Å². The molecule has 0 saturated heterocycles. The molecule has 0 atom stereocenters. The van der Waals surface area contributed by atoms with Crippen molar-refractivity contribution in [3.05, 3.63) is 45.6 Å². The number of benzene rings is 1. The highest BCUT2D eigenvalue weighted by molar-refractivity contribution is 7.10. The fourth-order valence-corrected chi connectivity index (χ4v) is 4.39. The fourth-order valence-electron chi connectivity index (χ4n) is 3.50. The zero-order valence-corrected chi connectivity index (χ0v) is 18.5. The van der Waals surface area contributed by atoms with Crippen LogP contribution >= 0.6 is 11.3 Å². The smallest absolute Gasteiger partial charge is 0.191 e. The van der Waals surface area contributed by atoms with E-state index in [4.69, 9.17) is 14.5 Å². The number of nitrogens with one attached hydrogen (secondary N) is 2. The predicted octanol–water partition coefficient (Wildman–Crippen LogP) is 2.92. The number of methoxy groups -OCH3 is 2. The van der Waals surface area contributed by atoms with Gasteiger partial charge in [-0.05, 0) is 54.5 Å². The van der Waals surface area contributed by atoms with E-state index < -0.39 is 0 Å². The zero-order valence-electron chi connectivity index (χ0n) is 17.7. The molecular weight excluding hydrogens is 384 g/mol. The van der Waals surface area contributed by atoms with Crippen molar-refractivity contribution in [2.75, 3.05) is 46.9 Å². The SMILES string of the molecule is CCNC(=NCCN1CCc2sccc2C1)NCCc1ccc(OC)c(OC)c1. The third kappa shape index (κ3) is 6.11. The Labute approximate surface area is 177 Å². The summed E-state index contributed by atoms with van der Waals surface area (Å²) in [5, 5.41) is 8.98. The molecule has 2 N–H and O–H groups in total. The van der Waals surface area contributed by atoms with Crippen LogP contribution in [-0.2, 0) is 19.4 Å². The van der Waals surface area contributed by atoms with Crippen LogP contribution in [0, 0.1) is 0 Å². The molecule has 1 aromatic carbocycles. The summed E-state index contributed by atoms with van der Waals surface area (Å²) >= 11 is 1.89. The number of rotatable bonds is 9. The molecule has 2 heterocycles. The Morgan fingerprint density at radius 1 is 1.17 bits per heavy atom. The van der Waals surface area contributed by atoms with Gasteiger partial charge in [-0.15, -0.1) is 11.3 Å². The highest BCUT2D eigenvalue weighted by Crippen LogP contribution is 2.27. The molecule has 0 radical (unpaired) electrons. The van der Waals surface area contributed by atoms with E-state index in [1.165, 1.54) is 17.5 Å². The molecule has 0 amide bonds. The summed E-state index contributed by atoms with van der Waals surface area (Å²) in [6, 6.07) is 8.31. The molecule has 1 aliphatic heterocycles. The molecule has 0 spiro atoms. The van der Waals surface area contributed by atoms with Crippen molar-refractivity contribution in [2.45, 2.75) is 26.3 Å². The van der Waals surface area contributed by atoms with Crippen LogP contribution in [0.1, 0.15) is 22.9 Å². The van der Waals surface area contributed by atoms with Crippen LogP contribution in [0.15, 0.2) is 34.6 Å². The number of hydrogen-bond acceptors (Lipinski definition) is 5. The van der Waals surface area contributed by atoms with Crippen LogP contribution < -0.4 is 20.1 Å². The Hall–Kier alpha value is -2.25. The molecule has 0 unspecified atom stereocenters. The molecule has 7 heteroatoms. The van der Waals surface area contributed by atoms with Crippen LogP contribution in [0.5, 0.6) is 11.5 Å². The molecule has 0 saturated carbocycles. The van der Waals surface area contributed by atoms with E-state index in [2.05, 4.69) is 40.0 Å². The molecule has 6 nitrogen and oxygen atoms in total. The van der Waals surface area contributed by atoms with Gasteiger partial charge in [-0.3, -0.25) is 9.89 Å². The maximum absolute atomic E-state index is 5.38. The van der Waals surface area contributed by atoms with Crippen LogP contribution in [0.2, 0.25) is 0 Å². The normalized spacial score (nSPS) is 14.4. The van der Waals surface area contributed by atoms with Gasteiger partial charge in [0.25, 0.3) is 0 Å². The average Bonchev–Trinajstić information content (AvgIpc) is 3.21. The highest BCUT2D eigenvalue weighted by Gasteiger charge is 2.16. The molecule has 1 aromatic heterocycles. The lowest BCUT2D eigenvalue weighted by Gasteiger charge is -2.26. The molecule has 158 valence electrons. The largest absolute Gasteiger partial charge is 0.493 e. The lowest BCUT2D eigenvalue weighted by molar-refractivity contribution is 0.263. The van der Waals surface area contributed by atoms with Crippen molar-refractivity contribution in [3.8, 4) is 11.5 Å². The summed E-state index contributed by atoms with van der Waals surface area (Å²) in [4.78, 5) is 8.80. The van der Waals surface area contributed by atoms with Gasteiger partial charge in [0.15, 0.2) is 17.5 Å². The minimum absolute atomic E-state index is 0.756. The first-order valence-electron chi connectivity index (χ1n) is 10.2. The second-order valence-corrected chi connectivity index (χ2v) is 8.02. The van der Waals surface area contributed by atoms with Gasteiger partial charge in [-0.2, -0.15) is 0 Å². The van der Waals surface area contributed by atoms with Gasteiger partial charge in [0.1, 0.15) is 0 Å². The quantitative estimate of drug-likeness (QED) is 0.486. The van der Waals surface area contributed by atoms with Crippen LogP contribution in [0.25, 0.3) is 0 Å². The molecule has 0 bridgehead atoms. The van der Waals surface area contributed by atoms with Crippen LogP contribution in [0.4, 0.5) is 0 Å². The number of hydrogen-bond donors (Lipinski definition) is 2. The monoisotopic (exact) mass is 416 g/mol. The van der Waals surface area contributed by atoms with Crippen molar-refractivity contribution in [1.29, 1.82) is 0 Å². The molecule has 0 fully saturated rings. The molecule has 2 aromatic rings. The molecule has 0 aliphatic carbocycles. The number of thiophene rings is 1. The van der Waals surface area contributed by atoms with Crippen LogP contribution in [-0.4, -0.2) is 57.8 Å². The predicted molar refractivity (Wildman–Crippen MR) is 121 cm³/mol.